The summed E-state index contributed by atoms with van der Waals surface area (Å²) in [5, 5.41) is 12.4. The third-order valence-corrected chi connectivity index (χ3v) is 11.6. The largest absolute Gasteiger partial charge is 0.493 e. The first kappa shape index (κ1) is 55.5. The first-order valence-electron chi connectivity index (χ1n) is 22.5. The zero-order valence-corrected chi connectivity index (χ0v) is 42.2. The number of nitrogens with one attached hydrogen (secondary N) is 1. The van der Waals surface area contributed by atoms with Crippen LogP contribution >= 0.6 is 0 Å². The average molecular weight is 941 g/mol. The van der Waals surface area contributed by atoms with Gasteiger partial charge in [0.1, 0.15) is 18.2 Å². The Labute approximate surface area is 400 Å². The number of carboxylic acids is 1. The molecule has 0 fully saturated rings. The average Bonchev–Trinajstić information content (AvgIpc) is 3.25. The van der Waals surface area contributed by atoms with E-state index < -0.39 is 59.9 Å². The second-order valence-electron chi connectivity index (χ2n) is 17.6. The van der Waals surface area contributed by atoms with Gasteiger partial charge < -0.3 is 39.0 Å². The molecule has 0 bridgehead atoms. The number of hydrogen-bond acceptors (Lipinski definition) is 13. The smallest absolute Gasteiger partial charge is 0.328 e. The lowest BCUT2D eigenvalue weighted by atomic mass is 9.79. The second kappa shape index (κ2) is 24.8. The van der Waals surface area contributed by atoms with E-state index in [2.05, 4.69) is 60.3 Å². The number of carbonyl (C=O) groups is 6. The van der Waals surface area contributed by atoms with Crippen LogP contribution in [0.1, 0.15) is 135 Å². The quantitative estimate of drug-likeness (QED) is 0.0897. The minimum atomic E-state index is -1.16. The van der Waals surface area contributed by atoms with Crippen molar-refractivity contribution in [3.63, 3.8) is 0 Å². The lowest BCUT2D eigenvalue weighted by Gasteiger charge is -2.39. The van der Waals surface area contributed by atoms with E-state index in [9.17, 15) is 33.9 Å². The highest BCUT2D eigenvalue weighted by Gasteiger charge is 2.39. The van der Waals surface area contributed by atoms with E-state index in [1.807, 2.05) is 60.6 Å². The van der Waals surface area contributed by atoms with Crippen LogP contribution in [0.3, 0.4) is 0 Å². The molecule has 6 atom stereocenters. The zero-order valence-electron chi connectivity index (χ0n) is 42.2. The Bertz CT molecular complexity index is 2450. The van der Waals surface area contributed by atoms with E-state index in [0.717, 1.165) is 27.8 Å². The summed E-state index contributed by atoms with van der Waals surface area (Å²) >= 11 is 0. The molecule has 2 N–H and O–H groups in total. The van der Waals surface area contributed by atoms with Crippen LogP contribution in [-0.4, -0.2) is 94.1 Å². The number of aliphatic carboxylic acids is 1. The highest BCUT2D eigenvalue weighted by Crippen LogP contribution is 2.38. The Morgan fingerprint density at radius 2 is 1.07 bits per heavy atom. The van der Waals surface area contributed by atoms with Crippen LogP contribution in [0, 0.1) is 39.5 Å². The topological polar surface area (TPSA) is 210 Å². The van der Waals surface area contributed by atoms with Crippen molar-refractivity contribution in [2.24, 2.45) is 11.8 Å². The molecule has 4 rings (SSSR count). The van der Waals surface area contributed by atoms with Gasteiger partial charge in [0.25, 0.3) is 11.8 Å². The number of rotatable bonds is 18. The Morgan fingerprint density at radius 3 is 1.49 bits per heavy atom. The van der Waals surface area contributed by atoms with E-state index in [-0.39, 0.29) is 58.1 Å². The van der Waals surface area contributed by atoms with Crippen molar-refractivity contribution >= 4 is 35.7 Å². The standard InChI is InChI=1S/2C26H34N2O6/c1-14(2)22(20-10-9-15(3)13-16(20)4)18(6)33-26(31)17(5)28-25(30)23-24(34-19(7)29)21(32-8)11-12-27-23;1-14(2)22(20-10-9-15(3)13-16(20)4)17(5)28(18(6)26(31)32)25(30)23-24(34-19(7)29)21(33-8)11-12-27-23/h9-14,17-18,22H,1-8H3,(H,28,30);9-14,17-18,22H,1-8H3,(H,31,32)/t17-,18-,22+;17?,18-,22+/m00/s1. The second-order valence-corrected chi connectivity index (χ2v) is 17.6. The fraction of sp³-hybridized carbons (Fsp3) is 0.462. The Morgan fingerprint density at radius 1 is 0.632 bits per heavy atom. The van der Waals surface area contributed by atoms with Crippen LogP contribution in [0.2, 0.25) is 0 Å². The number of methoxy groups -OCH3 is 2. The molecule has 0 aliphatic rings. The summed E-state index contributed by atoms with van der Waals surface area (Å²) in [6, 6.07) is 12.7. The predicted octanol–water partition coefficient (Wildman–Crippen LogP) is 8.50. The fourth-order valence-corrected chi connectivity index (χ4v) is 8.52. The number of benzene rings is 2. The van der Waals surface area contributed by atoms with Crippen molar-refractivity contribution in [3.05, 3.63) is 106 Å². The van der Waals surface area contributed by atoms with Crippen LogP contribution < -0.4 is 24.3 Å². The fourth-order valence-electron chi connectivity index (χ4n) is 8.52. The van der Waals surface area contributed by atoms with Gasteiger partial charge in [-0.25, -0.2) is 19.6 Å². The number of esters is 3. The number of ether oxygens (including phenoxy) is 5. The maximum absolute atomic E-state index is 13.9. The van der Waals surface area contributed by atoms with Gasteiger partial charge in [0, 0.05) is 56.3 Å². The van der Waals surface area contributed by atoms with E-state index in [1.54, 1.807) is 0 Å². The number of aryl methyl sites for hydroxylation is 4. The first-order chi connectivity index (χ1) is 31.9. The molecule has 0 saturated carbocycles. The Balaban J connectivity index is 0.000000360. The number of nitrogens with zero attached hydrogens (tertiary/aromatic N) is 3. The molecule has 0 aliphatic carbocycles. The van der Waals surface area contributed by atoms with Gasteiger partial charge in [-0.2, -0.15) is 0 Å². The highest BCUT2D eigenvalue weighted by molar-refractivity contribution is 5.99. The minimum absolute atomic E-state index is 0.0110. The summed E-state index contributed by atoms with van der Waals surface area (Å²) in [5.74, 6) is -4.13. The maximum atomic E-state index is 13.9. The molecule has 2 heterocycles. The van der Waals surface area contributed by atoms with Crippen molar-refractivity contribution in [1.29, 1.82) is 0 Å². The van der Waals surface area contributed by atoms with Crippen molar-refractivity contribution in [2.75, 3.05) is 14.2 Å². The molecule has 2 aromatic carbocycles. The van der Waals surface area contributed by atoms with Crippen molar-refractivity contribution in [2.45, 2.75) is 133 Å². The predicted molar refractivity (Wildman–Crippen MR) is 256 cm³/mol. The molecule has 0 saturated heterocycles. The molecule has 1 unspecified atom stereocenters. The number of aromatic nitrogens is 2. The molecular weight excluding hydrogens is 873 g/mol. The van der Waals surface area contributed by atoms with Crippen LogP contribution in [0.5, 0.6) is 23.0 Å². The van der Waals surface area contributed by atoms with Gasteiger partial charge in [-0.05, 0) is 89.5 Å². The zero-order chi connectivity index (χ0) is 51.3. The van der Waals surface area contributed by atoms with E-state index in [1.165, 1.54) is 76.9 Å². The van der Waals surface area contributed by atoms with Gasteiger partial charge in [0.2, 0.25) is 11.5 Å². The summed E-state index contributed by atoms with van der Waals surface area (Å²) in [6.45, 7) is 25.5. The summed E-state index contributed by atoms with van der Waals surface area (Å²) in [7, 11) is 2.76. The molecule has 368 valence electrons. The number of pyridine rings is 2. The van der Waals surface area contributed by atoms with Gasteiger partial charge in [-0.15, -0.1) is 0 Å². The molecular formula is C52H68N4O12. The molecule has 4 aromatic rings. The molecule has 16 heteroatoms. The summed E-state index contributed by atoms with van der Waals surface area (Å²) in [4.78, 5) is 84.3. The van der Waals surface area contributed by atoms with Crippen LogP contribution in [0.15, 0.2) is 60.9 Å². The third kappa shape index (κ3) is 14.1. The maximum Gasteiger partial charge on any atom is 0.328 e. The lowest BCUT2D eigenvalue weighted by Crippen LogP contribution is -2.51. The molecule has 0 aliphatic heterocycles. The first-order valence-corrected chi connectivity index (χ1v) is 22.5. The summed E-state index contributed by atoms with van der Waals surface area (Å²) in [6.07, 6.45) is 2.29. The van der Waals surface area contributed by atoms with Crippen LogP contribution in [0.25, 0.3) is 0 Å². The van der Waals surface area contributed by atoms with Crippen molar-refractivity contribution in [3.8, 4) is 23.0 Å². The summed E-state index contributed by atoms with van der Waals surface area (Å²) < 4.78 is 26.6. The van der Waals surface area contributed by atoms with Gasteiger partial charge in [-0.1, -0.05) is 75.2 Å². The molecule has 0 spiro atoms. The molecule has 16 nitrogen and oxygen atoms in total. The minimum Gasteiger partial charge on any atom is -0.493 e. The lowest BCUT2D eigenvalue weighted by molar-refractivity contribution is -0.151. The number of hydrogen-bond donors (Lipinski definition) is 2. The molecule has 2 amide bonds. The highest BCUT2D eigenvalue weighted by atomic mass is 16.6. The number of carboxylic acid groups (broad SMARTS) is 1. The SMILES string of the molecule is COc1ccnc(C(=O)N(C(C)[C@H](c2ccc(C)cc2C)C(C)C)[C@@H](C)C(=O)O)c1OC(C)=O.COc1ccnc(C(=O)N[C@@H](C)C(=O)O[C@@H](C)[C@H](c2ccc(C)cc2C)C(C)C)c1OC(C)=O. The van der Waals surface area contributed by atoms with Gasteiger partial charge in [0.15, 0.2) is 22.9 Å². The molecule has 68 heavy (non-hydrogen) atoms. The van der Waals surface area contributed by atoms with Gasteiger partial charge >= 0.3 is 23.9 Å². The number of carbonyl (C=O) groups excluding carboxylic acids is 5. The normalized spacial score (nSPS) is 13.6. The van der Waals surface area contributed by atoms with E-state index in [4.69, 9.17) is 23.7 Å². The Hall–Kier alpha value is -6.84. The molecule has 0 radical (unpaired) electrons. The van der Waals surface area contributed by atoms with Crippen LogP contribution in [0.4, 0.5) is 0 Å². The summed E-state index contributed by atoms with van der Waals surface area (Å²) in [5.41, 5.74) is 6.33. The van der Waals surface area contributed by atoms with E-state index in [0.29, 0.717) is 0 Å². The Kier molecular flexibility index (Phi) is 20.2. The van der Waals surface area contributed by atoms with E-state index >= 15 is 0 Å². The number of amides is 2. The monoisotopic (exact) mass is 940 g/mol. The van der Waals surface area contributed by atoms with Gasteiger partial charge in [-0.3, -0.25) is 19.2 Å². The molecule has 2 aromatic heterocycles. The third-order valence-electron chi connectivity index (χ3n) is 11.6. The van der Waals surface area contributed by atoms with Crippen LogP contribution in [-0.2, 0) is 23.9 Å². The van der Waals surface area contributed by atoms with Crippen molar-refractivity contribution in [1.82, 2.24) is 20.2 Å². The van der Waals surface area contributed by atoms with Crippen molar-refractivity contribution < 1.29 is 57.6 Å². The van der Waals surface area contributed by atoms with Gasteiger partial charge in [0.05, 0.1) is 14.2 Å².